The van der Waals surface area contributed by atoms with Crippen LogP contribution in [0.3, 0.4) is 0 Å². The third kappa shape index (κ3) is 5.65. The summed E-state index contributed by atoms with van der Waals surface area (Å²) in [6, 6.07) is 0. The lowest BCUT2D eigenvalue weighted by molar-refractivity contribution is -0.127. The monoisotopic (exact) mass is 296 g/mol. The molecule has 0 bridgehead atoms. The number of rotatable bonds is 6. The number of carbonyl (C=O) groups is 2. The van der Waals surface area contributed by atoms with E-state index < -0.39 is 5.60 Å². The van der Waals surface area contributed by atoms with Crippen molar-refractivity contribution >= 4 is 11.8 Å². The first-order valence-corrected chi connectivity index (χ1v) is 8.33. The molecule has 2 amide bonds. The average Bonchev–Trinajstić information content (AvgIpc) is 2.91. The summed E-state index contributed by atoms with van der Waals surface area (Å²) < 4.78 is 0. The van der Waals surface area contributed by atoms with Crippen molar-refractivity contribution in [1.29, 1.82) is 0 Å². The second kappa shape index (κ2) is 7.78. The maximum absolute atomic E-state index is 11.8. The van der Waals surface area contributed by atoms with E-state index in [4.69, 9.17) is 0 Å². The molecule has 2 saturated carbocycles. The molecule has 0 heterocycles. The summed E-state index contributed by atoms with van der Waals surface area (Å²) in [6.07, 6.45) is 10.1. The van der Waals surface area contributed by atoms with Gasteiger partial charge in [-0.1, -0.05) is 32.1 Å². The summed E-state index contributed by atoms with van der Waals surface area (Å²) in [5.74, 6) is 0.241. The number of nitrogens with one attached hydrogen (secondary N) is 2. The molecule has 2 fully saturated rings. The van der Waals surface area contributed by atoms with Crippen LogP contribution in [0.5, 0.6) is 0 Å². The van der Waals surface area contributed by atoms with E-state index in [1.807, 2.05) is 0 Å². The molecule has 5 nitrogen and oxygen atoms in total. The highest BCUT2D eigenvalue weighted by molar-refractivity contribution is 5.84. The number of aliphatic hydroxyl groups is 1. The van der Waals surface area contributed by atoms with Crippen molar-refractivity contribution < 1.29 is 14.7 Å². The first kappa shape index (κ1) is 16.3. The Morgan fingerprint density at radius 3 is 2.29 bits per heavy atom. The second-order valence-corrected chi connectivity index (χ2v) is 6.69. The van der Waals surface area contributed by atoms with Gasteiger partial charge in [0.2, 0.25) is 11.8 Å². The molecule has 2 rings (SSSR count). The van der Waals surface area contributed by atoms with E-state index in [2.05, 4.69) is 10.6 Å². The van der Waals surface area contributed by atoms with Crippen molar-refractivity contribution in [1.82, 2.24) is 10.6 Å². The fourth-order valence-electron chi connectivity index (χ4n) is 3.44. The van der Waals surface area contributed by atoms with Gasteiger partial charge in [-0.3, -0.25) is 9.59 Å². The van der Waals surface area contributed by atoms with Crippen LogP contribution in [0.2, 0.25) is 0 Å². The van der Waals surface area contributed by atoms with E-state index >= 15 is 0 Å². The largest absolute Gasteiger partial charge is 0.388 e. The zero-order chi connectivity index (χ0) is 15.1. The fourth-order valence-corrected chi connectivity index (χ4v) is 3.44. The highest BCUT2D eigenvalue weighted by atomic mass is 16.3. The summed E-state index contributed by atoms with van der Waals surface area (Å²) in [4.78, 5) is 23.5. The average molecular weight is 296 g/mol. The molecule has 0 unspecified atom stereocenters. The lowest BCUT2D eigenvalue weighted by Gasteiger charge is -2.22. The lowest BCUT2D eigenvalue weighted by atomic mass is 9.87. The zero-order valence-electron chi connectivity index (χ0n) is 12.8. The molecule has 2 aliphatic rings. The molecule has 0 aliphatic heterocycles. The first-order chi connectivity index (χ1) is 10.1. The van der Waals surface area contributed by atoms with Gasteiger partial charge in [0.1, 0.15) is 0 Å². The number of hydrogen-bond acceptors (Lipinski definition) is 3. The third-order valence-electron chi connectivity index (χ3n) is 4.79. The van der Waals surface area contributed by atoms with Crippen molar-refractivity contribution in [2.24, 2.45) is 5.92 Å². The number of carbonyl (C=O) groups excluding carboxylic acids is 2. The van der Waals surface area contributed by atoms with Crippen molar-refractivity contribution in [3.05, 3.63) is 0 Å². The molecule has 3 N–H and O–H groups in total. The van der Waals surface area contributed by atoms with E-state index in [1.54, 1.807) is 0 Å². The van der Waals surface area contributed by atoms with Crippen molar-refractivity contribution in [3.63, 3.8) is 0 Å². The van der Waals surface area contributed by atoms with Crippen LogP contribution >= 0.6 is 0 Å². The predicted octanol–water partition coefficient (Wildman–Crippen LogP) is 1.49. The van der Waals surface area contributed by atoms with Gasteiger partial charge in [-0.05, 0) is 31.6 Å². The highest BCUT2D eigenvalue weighted by Crippen LogP contribution is 2.28. The standard InChI is InChI=1S/C16H28N2O3/c19-14(10-13-6-2-1-3-7-13)17-11-15(20)18-12-16(21)8-4-5-9-16/h13,21H,1-12H2,(H,17,19)(H,18,20). The van der Waals surface area contributed by atoms with Gasteiger partial charge in [-0.15, -0.1) is 0 Å². The van der Waals surface area contributed by atoms with Gasteiger partial charge in [0.25, 0.3) is 0 Å². The Hall–Kier alpha value is -1.10. The normalized spacial score (nSPS) is 22.0. The van der Waals surface area contributed by atoms with Gasteiger partial charge in [-0.25, -0.2) is 0 Å². The predicted molar refractivity (Wildman–Crippen MR) is 80.6 cm³/mol. The van der Waals surface area contributed by atoms with Crippen LogP contribution in [0.15, 0.2) is 0 Å². The van der Waals surface area contributed by atoms with E-state index in [1.165, 1.54) is 19.3 Å². The Bertz CT molecular complexity index is 359. The summed E-state index contributed by atoms with van der Waals surface area (Å²) >= 11 is 0. The topological polar surface area (TPSA) is 78.4 Å². The maximum Gasteiger partial charge on any atom is 0.239 e. The summed E-state index contributed by atoms with van der Waals surface area (Å²) in [7, 11) is 0. The fraction of sp³-hybridized carbons (Fsp3) is 0.875. The molecule has 2 aliphatic carbocycles. The van der Waals surface area contributed by atoms with Crippen molar-refractivity contribution in [3.8, 4) is 0 Å². The minimum atomic E-state index is -0.734. The number of hydrogen-bond donors (Lipinski definition) is 3. The van der Waals surface area contributed by atoms with Gasteiger partial charge in [0.05, 0.1) is 12.1 Å². The van der Waals surface area contributed by atoms with Crippen LogP contribution in [0, 0.1) is 5.92 Å². The molecule has 5 heteroatoms. The van der Waals surface area contributed by atoms with Crippen molar-refractivity contribution in [2.75, 3.05) is 13.1 Å². The minimum absolute atomic E-state index is 0.0155. The maximum atomic E-state index is 11.8. The molecule has 120 valence electrons. The van der Waals surface area contributed by atoms with Crippen molar-refractivity contribution in [2.45, 2.75) is 69.8 Å². The summed E-state index contributed by atoms with van der Waals surface area (Å²) in [5.41, 5.74) is -0.734. The minimum Gasteiger partial charge on any atom is -0.388 e. The Kier molecular flexibility index (Phi) is 6.03. The van der Waals surface area contributed by atoms with Gasteiger partial charge < -0.3 is 15.7 Å². The molecule has 0 radical (unpaired) electrons. The smallest absolute Gasteiger partial charge is 0.239 e. The van der Waals surface area contributed by atoms with E-state index in [-0.39, 0.29) is 18.4 Å². The molecule has 0 atom stereocenters. The zero-order valence-corrected chi connectivity index (χ0v) is 12.8. The molecule has 21 heavy (non-hydrogen) atoms. The second-order valence-electron chi connectivity index (χ2n) is 6.69. The van der Waals surface area contributed by atoms with E-state index in [0.29, 0.717) is 18.9 Å². The Balaban J connectivity index is 1.58. The summed E-state index contributed by atoms with van der Waals surface area (Å²) in [6.45, 7) is 0.311. The van der Waals surface area contributed by atoms with Gasteiger partial charge in [0, 0.05) is 13.0 Å². The number of amides is 2. The molecule has 0 aromatic carbocycles. The first-order valence-electron chi connectivity index (χ1n) is 8.33. The van der Waals surface area contributed by atoms with Crippen LogP contribution in [0.1, 0.15) is 64.2 Å². The van der Waals surface area contributed by atoms with E-state index in [9.17, 15) is 14.7 Å². The van der Waals surface area contributed by atoms with Crippen LogP contribution in [0.25, 0.3) is 0 Å². The molecule has 0 aromatic heterocycles. The Morgan fingerprint density at radius 1 is 0.952 bits per heavy atom. The molecule has 0 aromatic rings. The van der Waals surface area contributed by atoms with E-state index in [0.717, 1.165) is 38.5 Å². The molecular weight excluding hydrogens is 268 g/mol. The highest BCUT2D eigenvalue weighted by Gasteiger charge is 2.31. The quantitative estimate of drug-likeness (QED) is 0.695. The van der Waals surface area contributed by atoms with Crippen LogP contribution in [-0.2, 0) is 9.59 Å². The molecule has 0 saturated heterocycles. The third-order valence-corrected chi connectivity index (χ3v) is 4.79. The van der Waals surface area contributed by atoms with Crippen LogP contribution in [0.4, 0.5) is 0 Å². The lowest BCUT2D eigenvalue weighted by Crippen LogP contribution is -2.44. The Morgan fingerprint density at radius 2 is 1.62 bits per heavy atom. The SMILES string of the molecule is O=C(CNC(=O)CC1CCCCC1)NCC1(O)CCCC1. The van der Waals surface area contributed by atoms with Crippen LogP contribution in [-0.4, -0.2) is 35.6 Å². The summed E-state index contributed by atoms with van der Waals surface area (Å²) in [5, 5.41) is 15.5. The molecule has 0 spiro atoms. The van der Waals surface area contributed by atoms with Gasteiger partial charge in [-0.2, -0.15) is 0 Å². The molecular formula is C16H28N2O3. The van der Waals surface area contributed by atoms with Gasteiger partial charge in [0.15, 0.2) is 0 Å². The Labute approximate surface area is 126 Å². The van der Waals surface area contributed by atoms with Gasteiger partial charge >= 0.3 is 0 Å². The van der Waals surface area contributed by atoms with Crippen LogP contribution < -0.4 is 10.6 Å².